The molecular formula is C20H22N4OS. The van der Waals surface area contributed by atoms with E-state index >= 15 is 0 Å². The van der Waals surface area contributed by atoms with Gasteiger partial charge in [0.15, 0.2) is 5.82 Å². The summed E-state index contributed by atoms with van der Waals surface area (Å²) < 4.78 is 1.25. The molecule has 1 aliphatic heterocycles. The number of amides is 1. The molecule has 0 atom stereocenters. The predicted octanol–water partition coefficient (Wildman–Crippen LogP) is 4.09. The van der Waals surface area contributed by atoms with Gasteiger partial charge in [0.2, 0.25) is 5.91 Å². The molecule has 0 saturated carbocycles. The van der Waals surface area contributed by atoms with Gasteiger partial charge in [0.25, 0.3) is 0 Å². The Kier molecular flexibility index (Phi) is 4.84. The number of likely N-dealkylation sites (tertiary alicyclic amines) is 1. The van der Waals surface area contributed by atoms with Crippen LogP contribution in [0.25, 0.3) is 21.5 Å². The number of hydrogen-bond acceptors (Lipinski definition) is 5. The maximum absolute atomic E-state index is 11.7. The Morgan fingerprint density at radius 1 is 1.27 bits per heavy atom. The topological polar surface area (TPSA) is 58.1 Å². The number of aryl methyl sites for hydroxylation is 1. The van der Waals surface area contributed by atoms with Crippen LogP contribution >= 0.6 is 11.3 Å². The summed E-state index contributed by atoms with van der Waals surface area (Å²) in [6, 6.07) is 10.3. The van der Waals surface area contributed by atoms with E-state index in [0.717, 1.165) is 55.4 Å². The number of carbonyl (C=O) groups is 1. The minimum atomic E-state index is 0.287. The second kappa shape index (κ2) is 7.41. The lowest BCUT2D eigenvalue weighted by Crippen LogP contribution is -2.27. The minimum absolute atomic E-state index is 0.287. The first-order valence-electron chi connectivity index (χ1n) is 9.04. The highest BCUT2D eigenvalue weighted by atomic mass is 32.1. The van der Waals surface area contributed by atoms with Gasteiger partial charge in [-0.05, 0) is 25.8 Å². The van der Waals surface area contributed by atoms with Gasteiger partial charge in [-0.15, -0.1) is 11.3 Å². The number of fused-ring (bicyclic) bond motifs is 1. The van der Waals surface area contributed by atoms with Crippen LogP contribution in [0.15, 0.2) is 35.7 Å². The summed E-state index contributed by atoms with van der Waals surface area (Å²) in [4.78, 5) is 23.0. The zero-order valence-electron chi connectivity index (χ0n) is 14.9. The molecule has 1 amide bonds. The molecule has 0 spiro atoms. The molecule has 2 aromatic heterocycles. The Morgan fingerprint density at radius 3 is 3.00 bits per heavy atom. The fraction of sp³-hybridized carbons (Fsp3) is 0.350. The lowest BCUT2D eigenvalue weighted by molar-refractivity contribution is -0.127. The van der Waals surface area contributed by atoms with E-state index in [2.05, 4.69) is 33.9 Å². The molecule has 4 rings (SSSR count). The molecule has 1 fully saturated rings. The molecule has 134 valence electrons. The van der Waals surface area contributed by atoms with Crippen molar-refractivity contribution >= 4 is 33.1 Å². The number of rotatable bonds is 6. The molecule has 5 nitrogen and oxygen atoms in total. The summed E-state index contributed by atoms with van der Waals surface area (Å²) in [5, 5.41) is 6.71. The Morgan fingerprint density at radius 2 is 2.15 bits per heavy atom. The van der Waals surface area contributed by atoms with Crippen molar-refractivity contribution in [1.29, 1.82) is 0 Å². The minimum Gasteiger partial charge on any atom is -0.370 e. The van der Waals surface area contributed by atoms with Crippen molar-refractivity contribution in [2.75, 3.05) is 25.0 Å². The second-order valence-corrected chi connectivity index (χ2v) is 7.54. The van der Waals surface area contributed by atoms with Gasteiger partial charge in [-0.1, -0.05) is 18.2 Å². The molecule has 3 heterocycles. The highest BCUT2D eigenvalue weighted by molar-refractivity contribution is 7.17. The summed E-state index contributed by atoms with van der Waals surface area (Å²) in [6.07, 6.45) is 2.62. The van der Waals surface area contributed by atoms with Gasteiger partial charge in [-0.2, -0.15) is 0 Å². The van der Waals surface area contributed by atoms with Crippen LogP contribution in [-0.4, -0.2) is 40.4 Å². The number of aromatic nitrogens is 2. The van der Waals surface area contributed by atoms with Gasteiger partial charge in [-0.3, -0.25) is 4.79 Å². The Hall–Kier alpha value is -2.47. The Bertz CT molecular complexity index is 936. The van der Waals surface area contributed by atoms with Crippen molar-refractivity contribution in [3.63, 3.8) is 0 Å². The van der Waals surface area contributed by atoms with Gasteiger partial charge >= 0.3 is 0 Å². The molecule has 1 aliphatic rings. The van der Waals surface area contributed by atoms with E-state index in [-0.39, 0.29) is 5.91 Å². The molecule has 3 aromatic rings. The number of thiophene rings is 1. The SMILES string of the molecule is Cc1cc(NCCCN2CCCC2=O)nc(-c2csc3ccccc23)n1. The summed E-state index contributed by atoms with van der Waals surface area (Å²) in [5.41, 5.74) is 2.03. The van der Waals surface area contributed by atoms with Gasteiger partial charge < -0.3 is 10.2 Å². The summed E-state index contributed by atoms with van der Waals surface area (Å²) in [6.45, 7) is 4.51. The molecule has 0 aliphatic carbocycles. The normalized spacial score (nSPS) is 14.3. The van der Waals surface area contributed by atoms with Crippen LogP contribution in [-0.2, 0) is 4.79 Å². The van der Waals surface area contributed by atoms with Gasteiger partial charge in [-0.25, -0.2) is 9.97 Å². The third-order valence-corrected chi connectivity index (χ3v) is 5.62. The van der Waals surface area contributed by atoms with Crippen molar-refractivity contribution in [2.45, 2.75) is 26.2 Å². The number of anilines is 1. The van der Waals surface area contributed by atoms with Crippen molar-refractivity contribution in [2.24, 2.45) is 0 Å². The van der Waals surface area contributed by atoms with Crippen LogP contribution in [0.5, 0.6) is 0 Å². The third kappa shape index (κ3) is 3.55. The first-order valence-corrected chi connectivity index (χ1v) is 9.92. The summed E-state index contributed by atoms with van der Waals surface area (Å²) in [5.74, 6) is 1.89. The van der Waals surface area contributed by atoms with E-state index in [1.165, 1.54) is 10.1 Å². The first-order chi connectivity index (χ1) is 12.7. The fourth-order valence-electron chi connectivity index (χ4n) is 3.36. The molecule has 0 unspecified atom stereocenters. The molecular weight excluding hydrogens is 344 g/mol. The van der Waals surface area contributed by atoms with E-state index in [1.54, 1.807) is 11.3 Å². The molecule has 26 heavy (non-hydrogen) atoms. The van der Waals surface area contributed by atoms with Crippen LogP contribution in [0.2, 0.25) is 0 Å². The number of hydrogen-bond donors (Lipinski definition) is 1. The van der Waals surface area contributed by atoms with Crippen molar-refractivity contribution in [1.82, 2.24) is 14.9 Å². The molecule has 1 saturated heterocycles. The summed E-state index contributed by atoms with van der Waals surface area (Å²) >= 11 is 1.72. The zero-order valence-corrected chi connectivity index (χ0v) is 15.7. The van der Waals surface area contributed by atoms with Gasteiger partial charge in [0, 0.05) is 58.8 Å². The molecule has 6 heteroatoms. The second-order valence-electron chi connectivity index (χ2n) is 6.63. The highest BCUT2D eigenvalue weighted by Gasteiger charge is 2.19. The number of nitrogens with zero attached hydrogens (tertiary/aromatic N) is 3. The van der Waals surface area contributed by atoms with E-state index in [9.17, 15) is 4.79 Å². The maximum Gasteiger partial charge on any atom is 0.222 e. The third-order valence-electron chi connectivity index (χ3n) is 4.66. The molecule has 1 aromatic carbocycles. The molecule has 0 bridgehead atoms. The van der Waals surface area contributed by atoms with Crippen LogP contribution in [0.4, 0.5) is 5.82 Å². The van der Waals surface area contributed by atoms with E-state index in [0.29, 0.717) is 6.42 Å². The van der Waals surface area contributed by atoms with Crippen molar-refractivity contribution < 1.29 is 4.79 Å². The number of carbonyl (C=O) groups excluding carboxylic acids is 1. The van der Waals surface area contributed by atoms with Crippen LogP contribution in [0, 0.1) is 6.92 Å². The van der Waals surface area contributed by atoms with E-state index in [4.69, 9.17) is 4.98 Å². The lowest BCUT2D eigenvalue weighted by Gasteiger charge is -2.15. The van der Waals surface area contributed by atoms with E-state index < -0.39 is 0 Å². The highest BCUT2D eigenvalue weighted by Crippen LogP contribution is 2.32. The molecule has 1 N–H and O–H groups in total. The van der Waals surface area contributed by atoms with E-state index in [1.807, 2.05) is 24.0 Å². The van der Waals surface area contributed by atoms with Gasteiger partial charge in [0.1, 0.15) is 5.82 Å². The van der Waals surface area contributed by atoms with Gasteiger partial charge in [0.05, 0.1) is 0 Å². The average molecular weight is 366 g/mol. The Balaban J connectivity index is 1.45. The largest absolute Gasteiger partial charge is 0.370 e. The molecule has 0 radical (unpaired) electrons. The van der Waals surface area contributed by atoms with Crippen LogP contribution < -0.4 is 5.32 Å². The predicted molar refractivity (Wildman–Crippen MR) is 107 cm³/mol. The fourth-order valence-corrected chi connectivity index (χ4v) is 4.30. The van der Waals surface area contributed by atoms with Crippen LogP contribution in [0.3, 0.4) is 0 Å². The maximum atomic E-state index is 11.7. The first kappa shape index (κ1) is 17.0. The standard InChI is InChI=1S/C20H22N4OS/c1-14-12-18(21-9-5-11-24-10-4-8-19(24)25)23-20(22-14)16-13-26-17-7-3-2-6-15(16)17/h2-3,6-7,12-13H,4-5,8-11H2,1H3,(H,21,22,23). The van der Waals surface area contributed by atoms with Crippen molar-refractivity contribution in [3.8, 4) is 11.4 Å². The lowest BCUT2D eigenvalue weighted by atomic mass is 10.1. The van der Waals surface area contributed by atoms with Crippen molar-refractivity contribution in [3.05, 3.63) is 41.4 Å². The number of benzene rings is 1. The Labute approximate surface area is 157 Å². The monoisotopic (exact) mass is 366 g/mol. The summed E-state index contributed by atoms with van der Waals surface area (Å²) in [7, 11) is 0. The number of nitrogens with one attached hydrogen (secondary N) is 1. The average Bonchev–Trinajstić information content (AvgIpc) is 3.24. The van der Waals surface area contributed by atoms with Crippen LogP contribution in [0.1, 0.15) is 25.0 Å². The zero-order chi connectivity index (χ0) is 17.9. The quantitative estimate of drug-likeness (QED) is 0.668. The smallest absolute Gasteiger partial charge is 0.222 e.